The highest BCUT2D eigenvalue weighted by molar-refractivity contribution is 5.73. The second-order valence-corrected chi connectivity index (χ2v) is 6.57. The van der Waals surface area contributed by atoms with Crippen molar-refractivity contribution in [3.05, 3.63) is 29.7 Å². The van der Waals surface area contributed by atoms with Crippen LogP contribution in [0.2, 0.25) is 0 Å². The maximum Gasteiger partial charge on any atom is 0.219 e. The van der Waals surface area contributed by atoms with Crippen LogP contribution in [0.4, 0.5) is 5.69 Å². The van der Waals surface area contributed by atoms with E-state index in [1.54, 1.807) is 6.92 Å². The first-order chi connectivity index (χ1) is 11.0. The maximum atomic E-state index is 11.5. The largest absolute Gasteiger partial charge is 0.398 e. The highest BCUT2D eigenvalue weighted by atomic mass is 16.2. The molecule has 6 heteroatoms. The lowest BCUT2D eigenvalue weighted by molar-refractivity contribution is -0.130. The molecule has 0 bridgehead atoms. The number of rotatable bonds is 3. The fraction of sp³-hybridized carbons (Fsp3) is 0.529. The van der Waals surface area contributed by atoms with Gasteiger partial charge in [0.2, 0.25) is 5.91 Å². The number of aromatic nitrogens is 2. The lowest BCUT2D eigenvalue weighted by atomic mass is 10.1. The molecule has 1 fully saturated rings. The number of nitrogens with two attached hydrogens (primary N) is 1. The molecule has 3 heterocycles. The van der Waals surface area contributed by atoms with Crippen LogP contribution in [0.25, 0.3) is 5.65 Å². The summed E-state index contributed by atoms with van der Waals surface area (Å²) in [7, 11) is 0. The van der Waals surface area contributed by atoms with Crippen LogP contribution in [0.5, 0.6) is 0 Å². The van der Waals surface area contributed by atoms with Crippen molar-refractivity contribution in [3.8, 4) is 0 Å². The second-order valence-electron chi connectivity index (χ2n) is 6.57. The number of fused-ring (bicyclic) bond motifs is 1. The Labute approximate surface area is 136 Å². The number of nitrogens with zero attached hydrogens (tertiary/aromatic N) is 4. The van der Waals surface area contributed by atoms with Crippen molar-refractivity contribution in [2.45, 2.75) is 33.2 Å². The number of carbonyl (C=O) groups is 1. The van der Waals surface area contributed by atoms with Crippen LogP contribution < -0.4 is 5.73 Å². The van der Waals surface area contributed by atoms with Gasteiger partial charge >= 0.3 is 0 Å². The van der Waals surface area contributed by atoms with Crippen LogP contribution in [0.1, 0.15) is 38.1 Å². The molecular weight excluding hydrogens is 290 g/mol. The van der Waals surface area contributed by atoms with E-state index in [4.69, 9.17) is 10.7 Å². The van der Waals surface area contributed by atoms with Gasteiger partial charge in [-0.15, -0.1) is 0 Å². The molecule has 1 aliphatic rings. The summed E-state index contributed by atoms with van der Waals surface area (Å²) in [6.07, 6.45) is 1.95. The van der Waals surface area contributed by atoms with Crippen molar-refractivity contribution >= 4 is 17.2 Å². The van der Waals surface area contributed by atoms with Crippen LogP contribution in [0, 0.1) is 0 Å². The van der Waals surface area contributed by atoms with Gasteiger partial charge in [-0.3, -0.25) is 9.69 Å². The molecule has 0 saturated carbocycles. The Balaban J connectivity index is 1.86. The van der Waals surface area contributed by atoms with Gasteiger partial charge in [0.25, 0.3) is 0 Å². The van der Waals surface area contributed by atoms with Crippen molar-refractivity contribution in [1.29, 1.82) is 0 Å². The summed E-state index contributed by atoms with van der Waals surface area (Å²) in [5, 5.41) is 0. The average Bonchev–Trinajstić information content (AvgIpc) is 2.86. The van der Waals surface area contributed by atoms with Crippen molar-refractivity contribution in [3.63, 3.8) is 0 Å². The number of carbonyl (C=O) groups excluding carboxylic acids is 1. The van der Waals surface area contributed by atoms with E-state index in [0.29, 0.717) is 5.92 Å². The van der Waals surface area contributed by atoms with Gasteiger partial charge < -0.3 is 15.0 Å². The highest BCUT2D eigenvalue weighted by Crippen LogP contribution is 2.23. The number of imidazole rings is 1. The summed E-state index contributed by atoms with van der Waals surface area (Å²) in [5.41, 5.74) is 9.98. The lowest BCUT2D eigenvalue weighted by Gasteiger charge is -2.34. The molecule has 0 unspecified atom stereocenters. The van der Waals surface area contributed by atoms with Crippen LogP contribution >= 0.6 is 0 Å². The van der Waals surface area contributed by atoms with Gasteiger partial charge in [-0.1, -0.05) is 13.8 Å². The number of hydrogen-bond donors (Lipinski definition) is 1. The minimum atomic E-state index is 0.162. The molecule has 0 aliphatic carbocycles. The molecule has 1 aliphatic heterocycles. The zero-order chi connectivity index (χ0) is 16.6. The van der Waals surface area contributed by atoms with E-state index in [0.717, 1.165) is 49.8 Å². The number of hydrogen-bond acceptors (Lipinski definition) is 4. The molecule has 124 valence electrons. The van der Waals surface area contributed by atoms with Gasteiger partial charge in [0.15, 0.2) is 0 Å². The lowest BCUT2D eigenvalue weighted by Crippen LogP contribution is -2.47. The summed E-state index contributed by atoms with van der Waals surface area (Å²) in [6, 6.07) is 3.86. The molecule has 2 aromatic heterocycles. The van der Waals surface area contributed by atoms with Crippen LogP contribution in [-0.4, -0.2) is 51.3 Å². The molecule has 0 radical (unpaired) electrons. The first-order valence-electron chi connectivity index (χ1n) is 8.20. The van der Waals surface area contributed by atoms with Gasteiger partial charge in [0, 0.05) is 51.5 Å². The topological polar surface area (TPSA) is 66.9 Å². The molecule has 23 heavy (non-hydrogen) atoms. The monoisotopic (exact) mass is 315 g/mol. The fourth-order valence-electron chi connectivity index (χ4n) is 3.18. The van der Waals surface area contributed by atoms with E-state index >= 15 is 0 Å². The van der Waals surface area contributed by atoms with Crippen molar-refractivity contribution in [2.75, 3.05) is 31.9 Å². The summed E-state index contributed by atoms with van der Waals surface area (Å²) >= 11 is 0. The SMILES string of the molecule is CC(=O)N1CCN(Cc2c(C(C)C)nc3ccc(N)cn23)CC1. The Morgan fingerprint density at radius 2 is 1.96 bits per heavy atom. The molecule has 2 aromatic rings. The van der Waals surface area contributed by atoms with E-state index in [2.05, 4.69) is 23.1 Å². The van der Waals surface area contributed by atoms with Crippen molar-refractivity contribution in [1.82, 2.24) is 19.2 Å². The third kappa shape index (κ3) is 3.17. The van der Waals surface area contributed by atoms with Gasteiger partial charge in [-0.25, -0.2) is 4.98 Å². The first-order valence-corrected chi connectivity index (χ1v) is 8.20. The third-order valence-electron chi connectivity index (χ3n) is 4.51. The zero-order valence-electron chi connectivity index (χ0n) is 14.1. The smallest absolute Gasteiger partial charge is 0.219 e. The van der Waals surface area contributed by atoms with Gasteiger partial charge in [0.1, 0.15) is 5.65 Å². The number of pyridine rings is 1. The number of nitrogen functional groups attached to an aromatic ring is 1. The van der Waals surface area contributed by atoms with E-state index in [-0.39, 0.29) is 5.91 Å². The minimum absolute atomic E-state index is 0.162. The second kappa shape index (κ2) is 6.20. The number of anilines is 1. The number of amides is 1. The molecule has 2 N–H and O–H groups in total. The summed E-state index contributed by atoms with van der Waals surface area (Å²) < 4.78 is 2.11. The Morgan fingerprint density at radius 1 is 1.26 bits per heavy atom. The zero-order valence-corrected chi connectivity index (χ0v) is 14.1. The van der Waals surface area contributed by atoms with E-state index in [1.807, 2.05) is 23.2 Å². The minimum Gasteiger partial charge on any atom is -0.398 e. The van der Waals surface area contributed by atoms with E-state index in [9.17, 15) is 4.79 Å². The summed E-state index contributed by atoms with van der Waals surface area (Å²) in [6.45, 7) is 10.2. The molecular formula is C17H25N5O. The predicted octanol–water partition coefficient (Wildman–Crippen LogP) is 1.70. The summed E-state index contributed by atoms with van der Waals surface area (Å²) in [4.78, 5) is 20.5. The normalized spacial score (nSPS) is 16.4. The van der Waals surface area contributed by atoms with Crippen LogP contribution in [0.15, 0.2) is 18.3 Å². The molecule has 0 aromatic carbocycles. The molecule has 6 nitrogen and oxygen atoms in total. The molecule has 3 rings (SSSR count). The molecule has 1 amide bonds. The van der Waals surface area contributed by atoms with Crippen molar-refractivity contribution < 1.29 is 4.79 Å². The van der Waals surface area contributed by atoms with Gasteiger partial charge in [0.05, 0.1) is 11.4 Å². The molecule has 0 spiro atoms. The average molecular weight is 315 g/mol. The Bertz CT molecular complexity index is 713. The predicted molar refractivity (Wildman–Crippen MR) is 91.2 cm³/mol. The first kappa shape index (κ1) is 15.8. The number of piperazine rings is 1. The Morgan fingerprint density at radius 3 is 2.57 bits per heavy atom. The van der Waals surface area contributed by atoms with Gasteiger partial charge in [-0.05, 0) is 18.1 Å². The molecule has 1 saturated heterocycles. The van der Waals surface area contributed by atoms with Crippen LogP contribution in [-0.2, 0) is 11.3 Å². The Kier molecular flexibility index (Phi) is 4.26. The fourth-order valence-corrected chi connectivity index (χ4v) is 3.18. The Hall–Kier alpha value is -2.08. The maximum absolute atomic E-state index is 11.5. The third-order valence-corrected chi connectivity index (χ3v) is 4.51. The van der Waals surface area contributed by atoms with Crippen molar-refractivity contribution in [2.24, 2.45) is 0 Å². The molecule has 0 atom stereocenters. The highest BCUT2D eigenvalue weighted by Gasteiger charge is 2.22. The summed E-state index contributed by atoms with van der Waals surface area (Å²) in [5.74, 6) is 0.528. The quantitative estimate of drug-likeness (QED) is 0.936. The van der Waals surface area contributed by atoms with E-state index < -0.39 is 0 Å². The van der Waals surface area contributed by atoms with Gasteiger partial charge in [-0.2, -0.15) is 0 Å². The van der Waals surface area contributed by atoms with Crippen LogP contribution in [0.3, 0.4) is 0 Å². The standard InChI is InChI=1S/C17H25N5O/c1-12(2)17-15(22-10-14(18)4-5-16(22)19-17)11-20-6-8-21(9-7-20)13(3)23/h4-5,10,12H,6-9,11,18H2,1-3H3. The van der Waals surface area contributed by atoms with E-state index in [1.165, 1.54) is 5.69 Å².